The molecule has 0 spiro atoms. The lowest BCUT2D eigenvalue weighted by molar-refractivity contribution is -0.116. The summed E-state index contributed by atoms with van der Waals surface area (Å²) in [7, 11) is 0. The molecule has 2 nitrogen and oxygen atoms in total. The second kappa shape index (κ2) is 4.52. The van der Waals surface area contributed by atoms with E-state index in [1.165, 1.54) is 5.56 Å². The molecule has 2 rings (SSSR count). The molecule has 1 aliphatic carbocycles. The van der Waals surface area contributed by atoms with Gasteiger partial charge in [-0.3, -0.25) is 4.79 Å². The molecular weight excluding hydrogens is 212 g/mol. The third-order valence-electron chi connectivity index (χ3n) is 3.48. The molecule has 0 unspecified atom stereocenters. The number of hydrogen-bond acceptors (Lipinski definition) is 2. The Kier molecular flexibility index (Phi) is 3.23. The van der Waals surface area contributed by atoms with Gasteiger partial charge in [0.25, 0.3) is 0 Å². The normalized spacial score (nSPS) is 23.0. The van der Waals surface area contributed by atoms with Gasteiger partial charge >= 0.3 is 0 Å². The highest BCUT2D eigenvalue weighted by molar-refractivity contribution is 5.91. The second-order valence-corrected chi connectivity index (χ2v) is 5.55. The average Bonchev–Trinajstić information content (AvgIpc) is 2.65. The number of aryl methyl sites for hydroxylation is 1. The maximum atomic E-state index is 11.9. The Hall–Kier alpha value is -1.31. The van der Waals surface area contributed by atoms with Crippen LogP contribution in [0, 0.1) is 0 Å². The van der Waals surface area contributed by atoms with Crippen molar-refractivity contribution in [2.75, 3.05) is 0 Å². The molecule has 0 radical (unpaired) electrons. The first-order chi connectivity index (χ1) is 8.01. The molecule has 0 saturated carbocycles. The van der Waals surface area contributed by atoms with Gasteiger partial charge in [0.15, 0.2) is 5.78 Å². The van der Waals surface area contributed by atoms with Crippen LogP contribution in [0.15, 0.2) is 28.4 Å². The van der Waals surface area contributed by atoms with Crippen LogP contribution in [0.1, 0.15) is 51.4 Å². The zero-order valence-electron chi connectivity index (χ0n) is 10.9. The largest absolute Gasteiger partial charge is 0.468 e. The number of ketones is 1. The van der Waals surface area contributed by atoms with E-state index in [1.54, 1.807) is 12.3 Å². The van der Waals surface area contributed by atoms with Gasteiger partial charge in [0.1, 0.15) is 5.76 Å². The fourth-order valence-corrected chi connectivity index (χ4v) is 2.77. The number of carbonyl (C=O) groups is 1. The zero-order chi connectivity index (χ0) is 12.5. The van der Waals surface area contributed by atoms with Crippen molar-refractivity contribution in [1.29, 1.82) is 0 Å². The molecule has 0 aromatic carbocycles. The van der Waals surface area contributed by atoms with E-state index < -0.39 is 0 Å². The number of fused-ring (bicyclic) bond motifs is 1. The van der Waals surface area contributed by atoms with Crippen LogP contribution in [-0.2, 0) is 16.6 Å². The monoisotopic (exact) mass is 232 g/mol. The lowest BCUT2D eigenvalue weighted by atomic mass is 9.72. The highest BCUT2D eigenvalue weighted by atomic mass is 16.3. The Labute approximate surface area is 103 Å². The van der Waals surface area contributed by atoms with Crippen molar-refractivity contribution in [3.63, 3.8) is 0 Å². The Balaban J connectivity index is 2.22. The standard InChI is InChI=1S/C15H20O2/c1-11(2)9-13(16)10-15(3)7-4-5-12-6-8-17-14(12)15/h6,8-9H,4-5,7,10H2,1-3H3/t15-/m1/s1. The van der Waals surface area contributed by atoms with Crippen molar-refractivity contribution < 1.29 is 9.21 Å². The minimum Gasteiger partial charge on any atom is -0.468 e. The molecule has 0 fully saturated rings. The Morgan fingerprint density at radius 1 is 1.53 bits per heavy atom. The molecule has 2 heteroatoms. The van der Waals surface area contributed by atoms with Gasteiger partial charge in [0.05, 0.1) is 6.26 Å². The predicted octanol–water partition coefficient (Wildman–Crippen LogP) is 3.80. The Bertz CT molecular complexity index is 449. The summed E-state index contributed by atoms with van der Waals surface area (Å²) in [6.45, 7) is 6.06. The van der Waals surface area contributed by atoms with Crippen molar-refractivity contribution >= 4 is 5.78 Å². The van der Waals surface area contributed by atoms with Gasteiger partial charge in [-0.05, 0) is 50.8 Å². The fraction of sp³-hybridized carbons (Fsp3) is 0.533. The number of hydrogen-bond donors (Lipinski definition) is 0. The van der Waals surface area contributed by atoms with Crippen LogP contribution in [0.5, 0.6) is 0 Å². The van der Waals surface area contributed by atoms with Crippen LogP contribution in [0.25, 0.3) is 0 Å². The maximum Gasteiger partial charge on any atom is 0.156 e. The van der Waals surface area contributed by atoms with Gasteiger partial charge in [-0.15, -0.1) is 0 Å². The molecule has 1 aromatic heterocycles. The summed E-state index contributed by atoms with van der Waals surface area (Å²) in [6, 6.07) is 2.04. The molecule has 0 saturated heterocycles. The van der Waals surface area contributed by atoms with Gasteiger partial charge in [0.2, 0.25) is 0 Å². The van der Waals surface area contributed by atoms with Gasteiger partial charge in [-0.25, -0.2) is 0 Å². The summed E-state index contributed by atoms with van der Waals surface area (Å²) in [4.78, 5) is 11.9. The summed E-state index contributed by atoms with van der Waals surface area (Å²) >= 11 is 0. The van der Waals surface area contributed by atoms with Gasteiger partial charge < -0.3 is 4.42 Å². The molecular formula is C15H20O2. The molecule has 92 valence electrons. The molecule has 1 aromatic rings. The van der Waals surface area contributed by atoms with E-state index in [-0.39, 0.29) is 11.2 Å². The van der Waals surface area contributed by atoms with Crippen molar-refractivity contribution in [3.8, 4) is 0 Å². The van der Waals surface area contributed by atoms with E-state index in [9.17, 15) is 4.79 Å². The number of rotatable bonds is 3. The van der Waals surface area contributed by atoms with E-state index in [0.717, 1.165) is 30.6 Å². The molecule has 1 aliphatic rings. The highest BCUT2D eigenvalue weighted by Gasteiger charge is 2.36. The zero-order valence-corrected chi connectivity index (χ0v) is 10.9. The maximum absolute atomic E-state index is 11.9. The van der Waals surface area contributed by atoms with Crippen LogP contribution in [-0.4, -0.2) is 5.78 Å². The molecule has 1 atom stereocenters. The highest BCUT2D eigenvalue weighted by Crippen LogP contribution is 2.40. The lowest BCUT2D eigenvalue weighted by Gasteiger charge is -2.31. The summed E-state index contributed by atoms with van der Waals surface area (Å²) in [6.07, 6.45) is 7.31. The van der Waals surface area contributed by atoms with Crippen LogP contribution < -0.4 is 0 Å². The minimum atomic E-state index is -0.111. The van der Waals surface area contributed by atoms with E-state index in [1.807, 2.05) is 19.9 Å². The first-order valence-electron chi connectivity index (χ1n) is 6.26. The Morgan fingerprint density at radius 2 is 2.29 bits per heavy atom. The Morgan fingerprint density at radius 3 is 3.00 bits per heavy atom. The number of carbonyl (C=O) groups excluding carboxylic acids is 1. The quantitative estimate of drug-likeness (QED) is 0.742. The van der Waals surface area contributed by atoms with E-state index in [2.05, 4.69) is 6.92 Å². The topological polar surface area (TPSA) is 30.2 Å². The second-order valence-electron chi connectivity index (χ2n) is 5.55. The molecule has 0 bridgehead atoms. The smallest absolute Gasteiger partial charge is 0.156 e. The van der Waals surface area contributed by atoms with Crippen molar-refractivity contribution in [2.45, 2.75) is 51.9 Å². The van der Waals surface area contributed by atoms with Crippen LogP contribution in [0.4, 0.5) is 0 Å². The van der Waals surface area contributed by atoms with Gasteiger partial charge in [0, 0.05) is 11.8 Å². The first kappa shape index (κ1) is 12.2. The molecule has 0 N–H and O–H groups in total. The number of allylic oxidation sites excluding steroid dienone is 2. The van der Waals surface area contributed by atoms with Gasteiger partial charge in [-0.1, -0.05) is 12.5 Å². The third-order valence-corrected chi connectivity index (χ3v) is 3.48. The van der Waals surface area contributed by atoms with Crippen LogP contribution in [0.3, 0.4) is 0 Å². The van der Waals surface area contributed by atoms with E-state index >= 15 is 0 Å². The van der Waals surface area contributed by atoms with Crippen LogP contribution >= 0.6 is 0 Å². The van der Waals surface area contributed by atoms with Crippen molar-refractivity contribution in [3.05, 3.63) is 35.3 Å². The SMILES string of the molecule is CC(C)=CC(=O)C[C@@]1(C)CCCc2ccoc21. The summed E-state index contributed by atoms with van der Waals surface area (Å²) in [5, 5.41) is 0. The predicted molar refractivity (Wildman–Crippen MR) is 68.1 cm³/mol. The average molecular weight is 232 g/mol. The fourth-order valence-electron chi connectivity index (χ4n) is 2.77. The summed E-state index contributed by atoms with van der Waals surface area (Å²) in [5.41, 5.74) is 2.23. The molecule has 0 aliphatic heterocycles. The minimum absolute atomic E-state index is 0.111. The third kappa shape index (κ3) is 2.51. The first-order valence-corrected chi connectivity index (χ1v) is 6.26. The van der Waals surface area contributed by atoms with E-state index in [0.29, 0.717) is 6.42 Å². The van der Waals surface area contributed by atoms with Crippen LogP contribution in [0.2, 0.25) is 0 Å². The molecule has 0 amide bonds. The van der Waals surface area contributed by atoms with Crippen molar-refractivity contribution in [2.24, 2.45) is 0 Å². The number of furan rings is 1. The summed E-state index contributed by atoms with van der Waals surface area (Å²) < 4.78 is 5.60. The van der Waals surface area contributed by atoms with Gasteiger partial charge in [-0.2, -0.15) is 0 Å². The van der Waals surface area contributed by atoms with Crippen molar-refractivity contribution in [1.82, 2.24) is 0 Å². The molecule has 1 heterocycles. The summed E-state index contributed by atoms with van der Waals surface area (Å²) in [5.74, 6) is 1.23. The molecule has 17 heavy (non-hydrogen) atoms. The lowest BCUT2D eigenvalue weighted by Crippen LogP contribution is -2.29. The van der Waals surface area contributed by atoms with E-state index in [4.69, 9.17) is 4.42 Å².